The highest BCUT2D eigenvalue weighted by Gasteiger charge is 2.37. The summed E-state index contributed by atoms with van der Waals surface area (Å²) < 4.78 is 20.3. The van der Waals surface area contributed by atoms with Gasteiger partial charge < -0.3 is 31.0 Å². The lowest BCUT2D eigenvalue weighted by molar-refractivity contribution is -0.123. The summed E-state index contributed by atoms with van der Waals surface area (Å²) in [6, 6.07) is 10.6. The molecule has 3 amide bonds. The Balaban J connectivity index is 1.90. The second-order valence-electron chi connectivity index (χ2n) is 9.38. The van der Waals surface area contributed by atoms with Crippen LogP contribution in [0.3, 0.4) is 0 Å². The van der Waals surface area contributed by atoms with Gasteiger partial charge in [-0.3, -0.25) is 19.3 Å². The number of nitrogens with two attached hydrogens (primary N) is 2. The van der Waals surface area contributed by atoms with Gasteiger partial charge in [-0.2, -0.15) is 4.37 Å². The second-order valence-corrected chi connectivity index (χ2v) is 10.1. The van der Waals surface area contributed by atoms with Gasteiger partial charge in [0, 0.05) is 17.8 Å². The Hall–Kier alpha value is -4.32. The molecule has 1 aliphatic rings. The Morgan fingerprint density at radius 3 is 2.35 bits per heavy atom. The Bertz CT molecular complexity index is 1390. The number of carbonyl (C=O) groups excluding carboxylic acids is 3. The number of benzene rings is 2. The molecule has 4 rings (SSSR count). The Kier molecular flexibility index (Phi) is 9.10. The van der Waals surface area contributed by atoms with E-state index < -0.39 is 17.9 Å². The van der Waals surface area contributed by atoms with Gasteiger partial charge >= 0.3 is 0 Å². The molecular formula is C28H33N5O6S. The minimum atomic E-state index is -1.15. The third-order valence-corrected chi connectivity index (χ3v) is 7.74. The maximum absolute atomic E-state index is 14.3. The SMILES string of the molecule is COc1cccc(N(C(=O)c2snc(C(N)=O)c2N)C(C(=O)NC2CCCCC2)c2ccc(OC)c(OC)c2)c1. The van der Waals surface area contributed by atoms with Gasteiger partial charge in [-0.05, 0) is 54.2 Å². The minimum Gasteiger partial charge on any atom is -0.497 e. The van der Waals surface area contributed by atoms with Crippen LogP contribution in [-0.4, -0.2) is 49.5 Å². The van der Waals surface area contributed by atoms with E-state index in [1.165, 1.54) is 26.2 Å². The molecule has 1 saturated carbocycles. The molecule has 0 bridgehead atoms. The highest BCUT2D eigenvalue weighted by molar-refractivity contribution is 7.09. The number of aromatic nitrogens is 1. The van der Waals surface area contributed by atoms with Crippen LogP contribution in [0.25, 0.3) is 0 Å². The maximum Gasteiger partial charge on any atom is 0.273 e. The molecule has 40 heavy (non-hydrogen) atoms. The summed E-state index contributed by atoms with van der Waals surface area (Å²) in [6.45, 7) is 0. The summed E-state index contributed by atoms with van der Waals surface area (Å²) in [6.07, 6.45) is 4.84. The van der Waals surface area contributed by atoms with Crippen molar-refractivity contribution in [1.29, 1.82) is 0 Å². The van der Waals surface area contributed by atoms with Crippen LogP contribution in [-0.2, 0) is 4.79 Å². The predicted molar refractivity (Wildman–Crippen MR) is 152 cm³/mol. The molecule has 0 spiro atoms. The van der Waals surface area contributed by atoms with Gasteiger partial charge in [0.25, 0.3) is 11.8 Å². The van der Waals surface area contributed by atoms with Gasteiger partial charge in [-0.1, -0.05) is 31.4 Å². The van der Waals surface area contributed by atoms with Crippen molar-refractivity contribution in [2.24, 2.45) is 5.73 Å². The Morgan fingerprint density at radius 2 is 1.73 bits per heavy atom. The maximum atomic E-state index is 14.3. The number of anilines is 2. The molecule has 11 nitrogen and oxygen atoms in total. The van der Waals surface area contributed by atoms with E-state index in [1.54, 1.807) is 42.5 Å². The van der Waals surface area contributed by atoms with Crippen molar-refractivity contribution in [3.05, 3.63) is 58.6 Å². The van der Waals surface area contributed by atoms with Crippen molar-refractivity contribution in [3.8, 4) is 17.2 Å². The molecule has 212 valence electrons. The van der Waals surface area contributed by atoms with Crippen LogP contribution < -0.4 is 35.9 Å². The molecule has 1 atom stereocenters. The molecule has 3 aromatic rings. The minimum absolute atomic E-state index is 0.0208. The van der Waals surface area contributed by atoms with Crippen LogP contribution in [0, 0.1) is 0 Å². The fourth-order valence-electron chi connectivity index (χ4n) is 4.85. The van der Waals surface area contributed by atoms with Crippen molar-refractivity contribution in [3.63, 3.8) is 0 Å². The molecule has 12 heteroatoms. The number of hydrogen-bond acceptors (Lipinski definition) is 9. The van der Waals surface area contributed by atoms with E-state index in [2.05, 4.69) is 9.69 Å². The first-order chi connectivity index (χ1) is 19.3. The number of nitrogens with one attached hydrogen (secondary N) is 1. The molecule has 1 aromatic heterocycles. The number of nitrogens with zero attached hydrogens (tertiary/aromatic N) is 2. The van der Waals surface area contributed by atoms with Crippen molar-refractivity contribution < 1.29 is 28.6 Å². The average molecular weight is 568 g/mol. The third kappa shape index (κ3) is 5.96. The molecule has 1 heterocycles. The summed E-state index contributed by atoms with van der Waals surface area (Å²) in [7, 11) is 4.51. The van der Waals surface area contributed by atoms with Gasteiger partial charge in [-0.15, -0.1) is 0 Å². The van der Waals surface area contributed by atoms with Crippen LogP contribution >= 0.6 is 11.5 Å². The lowest BCUT2D eigenvalue weighted by Gasteiger charge is -2.33. The highest BCUT2D eigenvalue weighted by Crippen LogP contribution is 2.38. The molecule has 0 radical (unpaired) electrons. The van der Waals surface area contributed by atoms with Gasteiger partial charge in [0.05, 0.1) is 27.0 Å². The van der Waals surface area contributed by atoms with E-state index in [0.29, 0.717) is 28.5 Å². The zero-order valence-electron chi connectivity index (χ0n) is 22.6. The first-order valence-corrected chi connectivity index (χ1v) is 13.6. The smallest absolute Gasteiger partial charge is 0.273 e. The normalized spacial score (nSPS) is 14.2. The van der Waals surface area contributed by atoms with Crippen LogP contribution in [0.1, 0.15) is 63.9 Å². The summed E-state index contributed by atoms with van der Waals surface area (Å²) in [5.41, 5.74) is 12.1. The van der Waals surface area contributed by atoms with E-state index in [-0.39, 0.29) is 28.2 Å². The first-order valence-electron chi connectivity index (χ1n) is 12.8. The number of amides is 3. The van der Waals surface area contributed by atoms with Crippen LogP contribution in [0.5, 0.6) is 17.2 Å². The number of nitrogen functional groups attached to an aromatic ring is 1. The van der Waals surface area contributed by atoms with E-state index in [0.717, 1.165) is 43.6 Å². The Morgan fingerprint density at radius 1 is 1.00 bits per heavy atom. The van der Waals surface area contributed by atoms with Crippen molar-refractivity contribution in [2.45, 2.75) is 44.2 Å². The van der Waals surface area contributed by atoms with E-state index in [1.807, 2.05) is 0 Å². The fourth-order valence-corrected chi connectivity index (χ4v) is 5.59. The molecule has 5 N–H and O–H groups in total. The Labute approximate surface area is 236 Å². The number of ether oxygens (including phenoxy) is 3. The number of primary amides is 1. The molecular weight excluding hydrogens is 534 g/mol. The summed E-state index contributed by atoms with van der Waals surface area (Å²) >= 11 is 0.745. The van der Waals surface area contributed by atoms with Crippen molar-refractivity contribution in [1.82, 2.24) is 9.69 Å². The molecule has 1 aliphatic carbocycles. The van der Waals surface area contributed by atoms with Crippen LogP contribution in [0.2, 0.25) is 0 Å². The van der Waals surface area contributed by atoms with Crippen molar-refractivity contribution in [2.75, 3.05) is 32.0 Å². The van der Waals surface area contributed by atoms with Gasteiger partial charge in [0.1, 0.15) is 16.7 Å². The number of rotatable bonds is 10. The number of hydrogen-bond donors (Lipinski definition) is 3. The molecule has 0 saturated heterocycles. The van der Waals surface area contributed by atoms with Gasteiger partial charge in [-0.25, -0.2) is 0 Å². The lowest BCUT2D eigenvalue weighted by atomic mass is 9.94. The average Bonchev–Trinajstić information content (AvgIpc) is 3.37. The molecule has 1 unspecified atom stereocenters. The molecule has 1 fully saturated rings. The molecule has 0 aliphatic heterocycles. The lowest BCUT2D eigenvalue weighted by Crippen LogP contribution is -2.47. The summed E-state index contributed by atoms with van der Waals surface area (Å²) in [4.78, 5) is 41.6. The van der Waals surface area contributed by atoms with Crippen LogP contribution in [0.15, 0.2) is 42.5 Å². The van der Waals surface area contributed by atoms with E-state index in [9.17, 15) is 14.4 Å². The van der Waals surface area contributed by atoms with E-state index >= 15 is 0 Å². The monoisotopic (exact) mass is 567 g/mol. The zero-order valence-corrected chi connectivity index (χ0v) is 23.5. The van der Waals surface area contributed by atoms with Gasteiger partial charge in [0.15, 0.2) is 17.2 Å². The second kappa shape index (κ2) is 12.7. The highest BCUT2D eigenvalue weighted by atomic mass is 32.1. The fraction of sp³-hybridized carbons (Fsp3) is 0.357. The first kappa shape index (κ1) is 28.7. The summed E-state index contributed by atoms with van der Waals surface area (Å²) in [5.74, 6) is -0.532. The van der Waals surface area contributed by atoms with E-state index in [4.69, 9.17) is 25.7 Å². The standard InChI is InChI=1S/C28H33N5O6S/c1-37-19-11-7-10-18(15-19)33(28(36)25-22(29)23(26(30)34)32-40-25)24(27(35)31-17-8-5-4-6-9-17)16-12-13-20(38-2)21(14-16)39-3/h7,10-15,17,24H,4-6,8-9,29H2,1-3H3,(H2,30,34)(H,31,35). The number of methoxy groups -OCH3 is 3. The largest absolute Gasteiger partial charge is 0.497 e. The quantitative estimate of drug-likeness (QED) is 0.335. The van der Waals surface area contributed by atoms with Gasteiger partial charge in [0.2, 0.25) is 5.91 Å². The number of carbonyl (C=O) groups is 3. The molecule has 2 aromatic carbocycles. The predicted octanol–water partition coefficient (Wildman–Crippen LogP) is 3.69. The van der Waals surface area contributed by atoms with Crippen LogP contribution in [0.4, 0.5) is 11.4 Å². The third-order valence-electron chi connectivity index (χ3n) is 6.89. The topological polar surface area (TPSA) is 159 Å². The zero-order chi connectivity index (χ0) is 28.8. The summed E-state index contributed by atoms with van der Waals surface area (Å²) in [5, 5.41) is 3.15. The van der Waals surface area contributed by atoms with Crippen molar-refractivity contribution >= 4 is 40.6 Å².